The quantitative estimate of drug-likeness (QED) is 0.627. The minimum Gasteiger partial charge on any atom is -0.342 e. The lowest BCUT2D eigenvalue weighted by Crippen LogP contribution is -2.52. The van der Waals surface area contributed by atoms with Gasteiger partial charge in [-0.2, -0.15) is 16.5 Å². The number of thioether (sulfide) groups is 1. The van der Waals surface area contributed by atoms with Crippen LogP contribution in [0.15, 0.2) is 29.2 Å². The van der Waals surface area contributed by atoms with Crippen molar-refractivity contribution >= 4 is 33.6 Å². The Morgan fingerprint density at radius 3 is 2.39 bits per heavy atom. The fourth-order valence-corrected chi connectivity index (χ4v) is 5.92. The van der Waals surface area contributed by atoms with Crippen molar-refractivity contribution in [1.29, 1.82) is 0 Å². The molecule has 1 atom stereocenters. The molecule has 2 saturated heterocycles. The van der Waals surface area contributed by atoms with Crippen molar-refractivity contribution < 1.29 is 22.4 Å². The van der Waals surface area contributed by atoms with Crippen molar-refractivity contribution in [1.82, 2.24) is 14.5 Å². The number of amides is 2. The van der Waals surface area contributed by atoms with E-state index in [4.69, 9.17) is 0 Å². The average Bonchev–Trinajstić information content (AvgIpc) is 3.31. The lowest BCUT2D eigenvalue weighted by atomic mass is 9.95. The number of likely N-dealkylation sites (tertiary alicyclic amines) is 2. The third kappa shape index (κ3) is 5.98. The van der Waals surface area contributed by atoms with Crippen LogP contribution in [0, 0.1) is 11.7 Å². The standard InChI is InChI=1S/C21H30FN3O4S2/c1-30-15-10-18(23-31(28,29)19-7-3-2-6-17(19)22)21(27)25-13-8-16(9-14-25)20(26)24-11-4-5-12-24/h2-3,6-7,16,18,23H,4-5,8-15H2,1H3. The summed E-state index contributed by atoms with van der Waals surface area (Å²) in [5, 5.41) is 0. The maximum atomic E-state index is 14.0. The van der Waals surface area contributed by atoms with Gasteiger partial charge < -0.3 is 9.80 Å². The molecule has 0 bridgehead atoms. The number of hydrogen-bond acceptors (Lipinski definition) is 5. The van der Waals surface area contributed by atoms with Crippen LogP contribution in [-0.4, -0.2) is 74.3 Å². The molecule has 2 amide bonds. The lowest BCUT2D eigenvalue weighted by Gasteiger charge is -2.35. The average molecular weight is 472 g/mol. The van der Waals surface area contributed by atoms with Gasteiger partial charge in [0.1, 0.15) is 16.8 Å². The van der Waals surface area contributed by atoms with E-state index in [1.807, 2.05) is 11.2 Å². The van der Waals surface area contributed by atoms with E-state index in [2.05, 4.69) is 4.72 Å². The minimum atomic E-state index is -4.18. The molecule has 1 N–H and O–H groups in total. The molecule has 0 aliphatic carbocycles. The summed E-state index contributed by atoms with van der Waals surface area (Å²) in [4.78, 5) is 28.8. The Kier molecular flexibility index (Phi) is 8.35. The van der Waals surface area contributed by atoms with Crippen LogP contribution in [0.25, 0.3) is 0 Å². The summed E-state index contributed by atoms with van der Waals surface area (Å²) < 4.78 is 41.9. The molecule has 7 nitrogen and oxygen atoms in total. The molecule has 1 aromatic carbocycles. The molecule has 31 heavy (non-hydrogen) atoms. The Morgan fingerprint density at radius 2 is 1.77 bits per heavy atom. The zero-order valence-corrected chi connectivity index (χ0v) is 19.4. The first-order valence-corrected chi connectivity index (χ1v) is 13.5. The molecule has 2 heterocycles. The van der Waals surface area contributed by atoms with Crippen molar-refractivity contribution in [2.75, 3.05) is 38.2 Å². The molecule has 2 aliphatic rings. The zero-order valence-electron chi connectivity index (χ0n) is 17.8. The highest BCUT2D eigenvalue weighted by Gasteiger charge is 2.35. The van der Waals surface area contributed by atoms with Crippen LogP contribution >= 0.6 is 11.8 Å². The predicted octanol–water partition coefficient (Wildman–Crippen LogP) is 2.09. The van der Waals surface area contributed by atoms with Crippen LogP contribution in [0.5, 0.6) is 0 Å². The number of piperidine rings is 1. The Bertz CT molecular complexity index is 882. The van der Waals surface area contributed by atoms with Crippen molar-refractivity contribution in [3.8, 4) is 0 Å². The van der Waals surface area contributed by atoms with Crippen LogP contribution in [0.2, 0.25) is 0 Å². The summed E-state index contributed by atoms with van der Waals surface area (Å²) in [6.07, 6.45) is 5.43. The normalized spacial score (nSPS) is 18.9. The fraction of sp³-hybridized carbons (Fsp3) is 0.619. The van der Waals surface area contributed by atoms with E-state index in [1.54, 1.807) is 4.90 Å². The molecule has 0 radical (unpaired) electrons. The topological polar surface area (TPSA) is 86.8 Å². The zero-order chi connectivity index (χ0) is 22.4. The first kappa shape index (κ1) is 24.0. The minimum absolute atomic E-state index is 0.0816. The van der Waals surface area contributed by atoms with Gasteiger partial charge in [0.15, 0.2) is 0 Å². The number of sulfonamides is 1. The van der Waals surface area contributed by atoms with Crippen molar-refractivity contribution in [2.45, 2.75) is 43.0 Å². The number of hydrogen-bond donors (Lipinski definition) is 1. The first-order valence-electron chi connectivity index (χ1n) is 10.7. The van der Waals surface area contributed by atoms with Gasteiger partial charge in [0, 0.05) is 32.1 Å². The van der Waals surface area contributed by atoms with E-state index in [1.165, 1.54) is 30.0 Å². The maximum Gasteiger partial charge on any atom is 0.244 e. The smallest absolute Gasteiger partial charge is 0.244 e. The Labute approximate surface area is 187 Å². The van der Waals surface area contributed by atoms with Crippen LogP contribution in [0.4, 0.5) is 4.39 Å². The van der Waals surface area contributed by atoms with Crippen molar-refractivity contribution in [3.63, 3.8) is 0 Å². The molecule has 2 aliphatic heterocycles. The summed E-state index contributed by atoms with van der Waals surface area (Å²) in [5.74, 6) is -0.501. The molecule has 3 rings (SSSR count). The summed E-state index contributed by atoms with van der Waals surface area (Å²) in [7, 11) is -4.18. The van der Waals surface area contributed by atoms with Crippen LogP contribution in [0.1, 0.15) is 32.1 Å². The molecular formula is C21H30FN3O4S2. The third-order valence-electron chi connectivity index (χ3n) is 5.91. The summed E-state index contributed by atoms with van der Waals surface area (Å²) in [6, 6.07) is 4.15. The van der Waals surface area contributed by atoms with E-state index >= 15 is 0 Å². The Morgan fingerprint density at radius 1 is 1.13 bits per heavy atom. The number of nitrogens with zero attached hydrogens (tertiary/aromatic N) is 2. The molecule has 1 unspecified atom stereocenters. The van der Waals surface area contributed by atoms with Crippen LogP contribution < -0.4 is 4.72 Å². The molecule has 172 valence electrons. The number of carbonyl (C=O) groups is 2. The third-order valence-corrected chi connectivity index (χ3v) is 8.05. The number of halogens is 1. The van der Waals surface area contributed by atoms with Gasteiger partial charge in [-0.25, -0.2) is 12.8 Å². The summed E-state index contributed by atoms with van der Waals surface area (Å²) in [5.41, 5.74) is 0. The van der Waals surface area contributed by atoms with E-state index in [-0.39, 0.29) is 17.7 Å². The van der Waals surface area contributed by atoms with Gasteiger partial charge in [0.25, 0.3) is 0 Å². The second-order valence-corrected chi connectivity index (χ2v) is 10.7. The Balaban J connectivity index is 1.65. The molecule has 0 saturated carbocycles. The maximum absolute atomic E-state index is 14.0. The highest BCUT2D eigenvalue weighted by atomic mass is 32.2. The van der Waals surface area contributed by atoms with Crippen molar-refractivity contribution in [2.24, 2.45) is 5.92 Å². The number of nitrogens with one attached hydrogen (secondary N) is 1. The van der Waals surface area contributed by atoms with Crippen molar-refractivity contribution in [3.05, 3.63) is 30.1 Å². The molecule has 2 fully saturated rings. The van der Waals surface area contributed by atoms with E-state index in [0.717, 1.165) is 32.0 Å². The number of rotatable bonds is 8. The van der Waals surface area contributed by atoms with Crippen LogP contribution in [-0.2, 0) is 19.6 Å². The highest BCUT2D eigenvalue weighted by molar-refractivity contribution is 7.98. The van der Waals surface area contributed by atoms with Gasteiger partial charge in [0.2, 0.25) is 21.8 Å². The van der Waals surface area contributed by atoms with Gasteiger partial charge in [-0.05, 0) is 56.2 Å². The fourth-order valence-electron chi connectivity index (χ4n) is 4.14. The monoisotopic (exact) mass is 471 g/mol. The van der Waals surface area contributed by atoms with Gasteiger partial charge in [0.05, 0.1) is 0 Å². The van der Waals surface area contributed by atoms with Gasteiger partial charge in [-0.3, -0.25) is 9.59 Å². The number of benzene rings is 1. The van der Waals surface area contributed by atoms with E-state index in [0.29, 0.717) is 38.1 Å². The first-order chi connectivity index (χ1) is 14.8. The highest BCUT2D eigenvalue weighted by Crippen LogP contribution is 2.23. The molecule has 0 aromatic heterocycles. The second-order valence-electron chi connectivity index (χ2n) is 8.02. The van der Waals surface area contributed by atoms with Gasteiger partial charge in [-0.1, -0.05) is 12.1 Å². The Hall–Kier alpha value is -1.65. The number of carbonyl (C=O) groups excluding carboxylic acids is 2. The van der Waals surface area contributed by atoms with Crippen LogP contribution in [0.3, 0.4) is 0 Å². The lowest BCUT2D eigenvalue weighted by molar-refractivity contribution is -0.140. The van der Waals surface area contributed by atoms with E-state index in [9.17, 15) is 22.4 Å². The van der Waals surface area contributed by atoms with Gasteiger partial charge >= 0.3 is 0 Å². The summed E-state index contributed by atoms with van der Waals surface area (Å²) in [6.45, 7) is 2.46. The molecule has 10 heteroatoms. The summed E-state index contributed by atoms with van der Waals surface area (Å²) >= 11 is 1.51. The second kappa shape index (κ2) is 10.8. The van der Waals surface area contributed by atoms with Gasteiger partial charge in [-0.15, -0.1) is 0 Å². The molecule has 1 aromatic rings. The van der Waals surface area contributed by atoms with E-state index < -0.39 is 26.8 Å². The molecule has 0 spiro atoms. The predicted molar refractivity (Wildman–Crippen MR) is 119 cm³/mol. The molecular weight excluding hydrogens is 441 g/mol. The SMILES string of the molecule is CSCCC(NS(=O)(=O)c1ccccc1F)C(=O)N1CCC(C(=O)N2CCCC2)CC1. The largest absolute Gasteiger partial charge is 0.342 e.